The Morgan fingerprint density at radius 1 is 0.977 bits per heavy atom. The Balaban J connectivity index is 1.32. The number of aromatic amines is 2. The maximum Gasteiger partial charge on any atom is 0.160 e. The molecule has 3 atom stereocenters. The molecule has 2 aromatic heterocycles. The van der Waals surface area contributed by atoms with Gasteiger partial charge in [-0.15, -0.1) is 0 Å². The van der Waals surface area contributed by atoms with E-state index in [0.29, 0.717) is 38.0 Å². The molecule has 6 N–H and O–H groups in total. The number of fused-ring (bicyclic) bond motifs is 1. The zero-order valence-electron chi connectivity index (χ0n) is 24.8. The largest absolute Gasteiger partial charge is 0.508 e. The fourth-order valence-electron chi connectivity index (χ4n) is 6.06. The number of carbonyl (C=O) groups is 2. The standard InChI is InChI=1S/C35H39N3O6/c1-44-33-17-23(9-12-31(33)42)8-11-27(41)20-32(43)35-24(21-38-34-6-3-14-37-34)18-30-28(13-15-36-30)29(35)19-26(40)10-7-22-4-2-5-25(39)16-22/h2-6,9,12-18,26,29,35-40,42H,7-8,10-11,19-21H2,1H3. The van der Waals surface area contributed by atoms with Crippen LogP contribution in [-0.2, 0) is 22.4 Å². The van der Waals surface area contributed by atoms with Gasteiger partial charge in [0.15, 0.2) is 11.5 Å². The van der Waals surface area contributed by atoms with Gasteiger partial charge in [0.1, 0.15) is 23.1 Å². The Kier molecular flexibility index (Phi) is 9.86. The summed E-state index contributed by atoms with van der Waals surface area (Å²) in [7, 11) is 1.47. The van der Waals surface area contributed by atoms with Gasteiger partial charge < -0.3 is 35.3 Å². The molecule has 4 aromatic rings. The third-order valence-corrected chi connectivity index (χ3v) is 8.28. The minimum Gasteiger partial charge on any atom is -0.508 e. The molecule has 9 nitrogen and oxygen atoms in total. The highest BCUT2D eigenvalue weighted by Gasteiger charge is 2.38. The van der Waals surface area contributed by atoms with Gasteiger partial charge in [0.2, 0.25) is 0 Å². The molecule has 9 heteroatoms. The van der Waals surface area contributed by atoms with Gasteiger partial charge >= 0.3 is 0 Å². The molecule has 5 rings (SSSR count). The van der Waals surface area contributed by atoms with Crippen molar-refractivity contribution in [2.45, 2.75) is 50.5 Å². The van der Waals surface area contributed by atoms with E-state index < -0.39 is 12.0 Å². The highest BCUT2D eigenvalue weighted by atomic mass is 16.5. The summed E-state index contributed by atoms with van der Waals surface area (Å²) in [6, 6.07) is 17.7. The van der Waals surface area contributed by atoms with E-state index in [-0.39, 0.29) is 41.8 Å². The molecule has 0 saturated carbocycles. The number of ketones is 2. The van der Waals surface area contributed by atoms with Crippen molar-refractivity contribution in [3.63, 3.8) is 0 Å². The number of hydrogen-bond acceptors (Lipinski definition) is 7. The van der Waals surface area contributed by atoms with Crippen molar-refractivity contribution in [2.75, 3.05) is 19.0 Å². The summed E-state index contributed by atoms with van der Waals surface area (Å²) < 4.78 is 5.17. The molecule has 0 bridgehead atoms. The van der Waals surface area contributed by atoms with Crippen LogP contribution < -0.4 is 10.1 Å². The number of nitrogens with one attached hydrogen (secondary N) is 3. The number of H-pyrrole nitrogens is 2. The Bertz CT molecular complexity index is 1610. The lowest BCUT2D eigenvalue weighted by Crippen LogP contribution is -2.33. The predicted molar refractivity (Wildman–Crippen MR) is 169 cm³/mol. The molecule has 3 unspecified atom stereocenters. The van der Waals surface area contributed by atoms with E-state index in [9.17, 15) is 24.9 Å². The quantitative estimate of drug-likeness (QED) is 0.0990. The van der Waals surface area contributed by atoms with E-state index in [1.165, 1.54) is 13.2 Å². The Morgan fingerprint density at radius 2 is 1.82 bits per heavy atom. The number of anilines is 1. The molecule has 0 aliphatic heterocycles. The van der Waals surface area contributed by atoms with Crippen LogP contribution in [0.15, 0.2) is 78.6 Å². The number of rotatable bonds is 15. The van der Waals surface area contributed by atoms with Crippen LogP contribution in [0.2, 0.25) is 0 Å². The summed E-state index contributed by atoms with van der Waals surface area (Å²) in [5.74, 6) is 0.128. The number of carbonyl (C=O) groups excluding carboxylic acids is 2. The summed E-state index contributed by atoms with van der Waals surface area (Å²) >= 11 is 0. The van der Waals surface area contributed by atoms with Crippen molar-refractivity contribution in [2.24, 2.45) is 5.92 Å². The number of hydrogen-bond donors (Lipinski definition) is 6. The minimum absolute atomic E-state index is 0.0293. The second kappa shape index (κ2) is 14.1. The van der Waals surface area contributed by atoms with E-state index in [0.717, 1.165) is 33.8 Å². The first-order chi connectivity index (χ1) is 21.3. The number of aromatic hydroxyl groups is 2. The van der Waals surface area contributed by atoms with Crippen molar-refractivity contribution in [1.29, 1.82) is 0 Å². The lowest BCUT2D eigenvalue weighted by Gasteiger charge is -2.33. The first-order valence-corrected chi connectivity index (χ1v) is 14.9. The molecular formula is C35H39N3O6. The number of phenolic OH excluding ortho intramolecular Hbond substituents is 2. The Hall–Kier alpha value is -4.76. The molecule has 1 aliphatic carbocycles. The summed E-state index contributed by atoms with van der Waals surface area (Å²) in [6.45, 7) is 0.396. The van der Waals surface area contributed by atoms with E-state index in [1.54, 1.807) is 30.3 Å². The SMILES string of the molecule is COc1cc(CCC(=O)CC(=O)C2C(CNc3ccc[nH]3)=Cc3[nH]ccc3C2CC(O)CCc2cccc(O)c2)ccc1O. The van der Waals surface area contributed by atoms with E-state index in [2.05, 4.69) is 15.3 Å². The highest BCUT2D eigenvalue weighted by Crippen LogP contribution is 2.42. The summed E-state index contributed by atoms with van der Waals surface area (Å²) in [5.41, 5.74) is 4.46. The normalized spacial score (nSPS) is 16.5. The first-order valence-electron chi connectivity index (χ1n) is 14.9. The number of phenols is 2. The second-order valence-electron chi connectivity index (χ2n) is 11.4. The number of aliphatic hydroxyl groups excluding tert-OH is 1. The average molecular weight is 598 g/mol. The third kappa shape index (κ3) is 7.60. The van der Waals surface area contributed by atoms with E-state index >= 15 is 0 Å². The molecule has 1 aliphatic rings. The summed E-state index contributed by atoms with van der Waals surface area (Å²) in [6.07, 6.45) is 6.73. The number of aromatic nitrogens is 2. The number of Topliss-reactive ketones (excluding diaryl/α,β-unsaturated/α-hetero) is 2. The van der Waals surface area contributed by atoms with Crippen LogP contribution in [0.5, 0.6) is 17.2 Å². The number of benzene rings is 2. The molecule has 44 heavy (non-hydrogen) atoms. The summed E-state index contributed by atoms with van der Waals surface area (Å²) in [4.78, 5) is 33.5. The van der Waals surface area contributed by atoms with Gasteiger partial charge in [-0.3, -0.25) is 9.59 Å². The van der Waals surface area contributed by atoms with Gasteiger partial charge in [0.25, 0.3) is 0 Å². The molecule has 0 radical (unpaired) electrons. The van der Waals surface area contributed by atoms with Gasteiger partial charge in [-0.05, 0) is 96.5 Å². The van der Waals surface area contributed by atoms with Crippen molar-refractivity contribution in [3.05, 3.63) is 101 Å². The van der Waals surface area contributed by atoms with Crippen LogP contribution in [0.25, 0.3) is 6.08 Å². The van der Waals surface area contributed by atoms with Crippen LogP contribution in [0.4, 0.5) is 5.82 Å². The first kappa shape index (κ1) is 30.7. The van der Waals surface area contributed by atoms with Crippen LogP contribution in [0.1, 0.15) is 54.0 Å². The third-order valence-electron chi connectivity index (χ3n) is 8.28. The monoisotopic (exact) mass is 597 g/mol. The predicted octanol–water partition coefficient (Wildman–Crippen LogP) is 5.52. The lowest BCUT2D eigenvalue weighted by molar-refractivity contribution is -0.129. The minimum atomic E-state index is -0.698. The van der Waals surface area contributed by atoms with Crippen molar-refractivity contribution in [3.8, 4) is 17.2 Å². The van der Waals surface area contributed by atoms with Crippen molar-refractivity contribution < 1.29 is 29.6 Å². The van der Waals surface area contributed by atoms with Crippen LogP contribution in [0, 0.1) is 5.92 Å². The fourth-order valence-corrected chi connectivity index (χ4v) is 6.06. The molecular weight excluding hydrogens is 558 g/mol. The van der Waals surface area contributed by atoms with E-state index in [1.807, 2.05) is 42.7 Å². The molecule has 2 heterocycles. The molecule has 0 fully saturated rings. The Morgan fingerprint density at radius 3 is 2.59 bits per heavy atom. The number of aryl methyl sites for hydroxylation is 2. The Labute approximate surface area is 256 Å². The van der Waals surface area contributed by atoms with Gasteiger partial charge in [0.05, 0.1) is 19.6 Å². The topological polar surface area (TPSA) is 148 Å². The maximum atomic E-state index is 14.0. The zero-order valence-corrected chi connectivity index (χ0v) is 24.8. The fraction of sp³-hybridized carbons (Fsp3) is 0.314. The van der Waals surface area contributed by atoms with Gasteiger partial charge in [-0.25, -0.2) is 0 Å². The number of methoxy groups -OCH3 is 1. The second-order valence-corrected chi connectivity index (χ2v) is 11.4. The van der Waals surface area contributed by atoms with Gasteiger partial charge in [0, 0.05) is 42.9 Å². The molecule has 230 valence electrons. The zero-order chi connectivity index (χ0) is 31.1. The molecule has 0 spiro atoms. The lowest BCUT2D eigenvalue weighted by atomic mass is 9.71. The van der Waals surface area contributed by atoms with Crippen LogP contribution in [-0.4, -0.2) is 56.6 Å². The smallest absolute Gasteiger partial charge is 0.160 e. The molecule has 2 aromatic carbocycles. The average Bonchev–Trinajstić information content (AvgIpc) is 3.71. The van der Waals surface area contributed by atoms with Crippen LogP contribution in [0.3, 0.4) is 0 Å². The molecule has 0 amide bonds. The van der Waals surface area contributed by atoms with Gasteiger partial charge in [-0.2, -0.15) is 0 Å². The number of aliphatic hydroxyl groups is 1. The highest BCUT2D eigenvalue weighted by molar-refractivity contribution is 6.02. The van der Waals surface area contributed by atoms with E-state index in [4.69, 9.17) is 4.74 Å². The van der Waals surface area contributed by atoms with Crippen molar-refractivity contribution in [1.82, 2.24) is 9.97 Å². The van der Waals surface area contributed by atoms with Gasteiger partial charge in [-0.1, -0.05) is 18.2 Å². The summed E-state index contributed by atoms with van der Waals surface area (Å²) in [5, 5.41) is 34.2. The maximum absolute atomic E-state index is 14.0. The molecule has 0 saturated heterocycles. The van der Waals surface area contributed by atoms with Crippen LogP contribution >= 0.6 is 0 Å². The van der Waals surface area contributed by atoms with Crippen molar-refractivity contribution >= 4 is 23.5 Å². The number of ether oxygens (including phenoxy) is 1.